The Morgan fingerprint density at radius 2 is 1.75 bits per heavy atom. The van der Waals surface area contributed by atoms with E-state index in [1.807, 2.05) is 70.2 Å². The highest BCUT2D eigenvalue weighted by Gasteiger charge is 2.19. The molecule has 3 atom stereocenters. The number of anilines is 1. The summed E-state index contributed by atoms with van der Waals surface area (Å²) in [5.74, 6) is 0.720. The number of thiophene rings is 1. The van der Waals surface area contributed by atoms with Gasteiger partial charge in [-0.15, -0.1) is 11.3 Å². The smallest absolute Gasteiger partial charge is 0.218 e. The Hall–Kier alpha value is -2.45. The number of fused-ring (bicyclic) bond motifs is 1. The van der Waals surface area contributed by atoms with Crippen molar-refractivity contribution in [1.82, 2.24) is 5.32 Å². The SMILES string of the molecule is C/C=C\C(C)OC.CC.COC.COC/C=C/C(NC(C)=O)Nc1cc2c(s1)CCC(C)C2.Cc1ccccc1. The summed E-state index contributed by atoms with van der Waals surface area (Å²) in [5, 5.41) is 7.40. The van der Waals surface area contributed by atoms with Crippen molar-refractivity contribution in [2.45, 2.75) is 80.0 Å². The number of nitrogens with one attached hydrogen (secondary N) is 2. The number of hydrogen-bond donors (Lipinski definition) is 2. The number of methoxy groups -OCH3 is 3. The number of hydrogen-bond acceptors (Lipinski definition) is 6. The Kier molecular flexibility index (Phi) is 26.6. The van der Waals surface area contributed by atoms with Crippen LogP contribution >= 0.6 is 11.3 Å². The second-order valence-corrected chi connectivity index (χ2v) is 10.3. The maximum absolute atomic E-state index is 11.3. The van der Waals surface area contributed by atoms with Crippen LogP contribution < -0.4 is 10.6 Å². The Bertz CT molecular complexity index is 912. The summed E-state index contributed by atoms with van der Waals surface area (Å²) in [4.78, 5) is 12.8. The average Bonchev–Trinajstić information content (AvgIpc) is 3.32. The molecule has 40 heavy (non-hydrogen) atoms. The van der Waals surface area contributed by atoms with Gasteiger partial charge in [-0.05, 0) is 63.7 Å². The molecule has 3 unspecified atom stereocenters. The van der Waals surface area contributed by atoms with E-state index < -0.39 is 0 Å². The van der Waals surface area contributed by atoms with Gasteiger partial charge >= 0.3 is 0 Å². The quantitative estimate of drug-likeness (QED) is 0.248. The van der Waals surface area contributed by atoms with Crippen LogP contribution in [0.2, 0.25) is 0 Å². The monoisotopic (exact) mass is 576 g/mol. The first kappa shape index (κ1) is 39.7. The van der Waals surface area contributed by atoms with E-state index in [9.17, 15) is 4.79 Å². The third-order valence-electron chi connectivity index (χ3n) is 5.35. The molecular formula is C33H56N2O4S. The average molecular weight is 577 g/mol. The van der Waals surface area contributed by atoms with E-state index in [1.165, 1.54) is 35.8 Å². The van der Waals surface area contributed by atoms with Gasteiger partial charge in [0.15, 0.2) is 0 Å². The summed E-state index contributed by atoms with van der Waals surface area (Å²) in [6, 6.07) is 12.5. The number of carbonyl (C=O) groups is 1. The fraction of sp³-hybridized carbons (Fsp3) is 0.545. The molecule has 7 heteroatoms. The van der Waals surface area contributed by atoms with Gasteiger partial charge in [-0.2, -0.15) is 0 Å². The molecule has 6 nitrogen and oxygen atoms in total. The van der Waals surface area contributed by atoms with Crippen LogP contribution in [0.1, 0.15) is 64.0 Å². The number of rotatable bonds is 8. The normalized spacial score (nSPS) is 14.9. The molecule has 1 aromatic carbocycles. The van der Waals surface area contributed by atoms with E-state index in [1.54, 1.807) is 39.8 Å². The number of amides is 1. The molecule has 1 aliphatic rings. The zero-order valence-corrected chi connectivity index (χ0v) is 27.7. The van der Waals surface area contributed by atoms with Crippen LogP contribution in [0.15, 0.2) is 60.7 Å². The fourth-order valence-corrected chi connectivity index (χ4v) is 4.60. The van der Waals surface area contributed by atoms with Crippen LogP contribution in [0.3, 0.4) is 0 Å². The van der Waals surface area contributed by atoms with Crippen LogP contribution in [-0.4, -0.2) is 53.2 Å². The third kappa shape index (κ3) is 21.4. The molecule has 0 saturated carbocycles. The molecule has 0 spiro atoms. The molecule has 228 valence electrons. The molecule has 3 rings (SSSR count). The van der Waals surface area contributed by atoms with Gasteiger partial charge in [0.25, 0.3) is 0 Å². The van der Waals surface area contributed by atoms with Crippen molar-refractivity contribution in [2.24, 2.45) is 5.92 Å². The Balaban J connectivity index is 0. The van der Waals surface area contributed by atoms with E-state index in [4.69, 9.17) is 9.47 Å². The van der Waals surface area contributed by atoms with Gasteiger partial charge in [0.05, 0.1) is 17.7 Å². The minimum absolute atomic E-state index is 0.0514. The maximum atomic E-state index is 11.3. The highest BCUT2D eigenvalue weighted by Crippen LogP contribution is 2.35. The van der Waals surface area contributed by atoms with Crippen molar-refractivity contribution in [3.63, 3.8) is 0 Å². The van der Waals surface area contributed by atoms with E-state index in [0.29, 0.717) is 6.61 Å². The molecule has 0 bridgehead atoms. The van der Waals surface area contributed by atoms with Crippen LogP contribution in [0, 0.1) is 12.8 Å². The standard InChI is InChI=1S/C16H24N2O2S.C7H8.C6H12O.C2H6O.C2H6/c1-11-6-7-14-13(9-11)10-16(21-14)18-15(17-12(2)19)5-4-8-20-3;1-7-5-3-2-4-6-7;1-4-5-6(2)7-3;1-3-2;1-2/h4-5,10-11,15,18H,6-9H2,1-3H3,(H,17,19);2-6H,1H3;4-6H,1-3H3;1-2H3;1-2H3/b5-4+;;5-4-;;. The van der Waals surface area contributed by atoms with Crippen molar-refractivity contribution in [3.05, 3.63) is 76.7 Å². The lowest BCUT2D eigenvalue weighted by molar-refractivity contribution is -0.119. The second-order valence-electron chi connectivity index (χ2n) is 9.14. The highest BCUT2D eigenvalue weighted by atomic mass is 32.1. The zero-order valence-electron chi connectivity index (χ0n) is 26.9. The Morgan fingerprint density at radius 1 is 1.12 bits per heavy atom. The lowest BCUT2D eigenvalue weighted by atomic mass is 9.90. The van der Waals surface area contributed by atoms with Crippen molar-refractivity contribution < 1.29 is 19.0 Å². The first-order chi connectivity index (χ1) is 19.2. The molecule has 2 aromatic rings. The van der Waals surface area contributed by atoms with Crippen LogP contribution in [0.5, 0.6) is 0 Å². The minimum Gasteiger partial charge on any atom is -0.388 e. The first-order valence-electron chi connectivity index (χ1n) is 14.1. The zero-order chi connectivity index (χ0) is 30.8. The molecule has 1 amide bonds. The maximum Gasteiger partial charge on any atom is 0.218 e. The molecule has 0 radical (unpaired) electrons. The molecular weight excluding hydrogens is 520 g/mol. The second kappa shape index (κ2) is 26.8. The summed E-state index contributed by atoms with van der Waals surface area (Å²) in [6.45, 7) is 14.4. The van der Waals surface area contributed by atoms with Gasteiger partial charge < -0.3 is 24.8 Å². The van der Waals surface area contributed by atoms with Crippen molar-refractivity contribution in [1.29, 1.82) is 0 Å². The number of aryl methyl sites for hydroxylation is 2. The number of benzene rings is 1. The Labute approximate surface area is 249 Å². The lowest BCUT2D eigenvalue weighted by Crippen LogP contribution is -2.37. The van der Waals surface area contributed by atoms with Crippen molar-refractivity contribution in [2.75, 3.05) is 40.4 Å². The fourth-order valence-electron chi connectivity index (χ4n) is 3.45. The molecule has 0 aliphatic heterocycles. The van der Waals surface area contributed by atoms with Crippen molar-refractivity contribution >= 4 is 22.2 Å². The summed E-state index contributed by atoms with van der Waals surface area (Å²) in [7, 11) is 6.60. The van der Waals surface area contributed by atoms with Gasteiger partial charge in [-0.3, -0.25) is 4.79 Å². The van der Waals surface area contributed by atoms with Gasteiger partial charge in [0.1, 0.15) is 6.17 Å². The Morgan fingerprint density at radius 3 is 2.20 bits per heavy atom. The van der Waals surface area contributed by atoms with Gasteiger partial charge in [-0.25, -0.2) is 0 Å². The number of allylic oxidation sites excluding steroid dienone is 1. The van der Waals surface area contributed by atoms with E-state index in [-0.39, 0.29) is 18.2 Å². The first-order valence-corrected chi connectivity index (χ1v) is 14.9. The summed E-state index contributed by atoms with van der Waals surface area (Å²) < 4.78 is 14.2. The van der Waals surface area contributed by atoms with Gasteiger partial charge in [-0.1, -0.05) is 74.9 Å². The van der Waals surface area contributed by atoms with Gasteiger partial charge in [0.2, 0.25) is 5.91 Å². The predicted molar refractivity (Wildman–Crippen MR) is 174 cm³/mol. The highest BCUT2D eigenvalue weighted by molar-refractivity contribution is 7.16. The van der Waals surface area contributed by atoms with Crippen LogP contribution in [0.4, 0.5) is 5.00 Å². The van der Waals surface area contributed by atoms with Crippen LogP contribution in [-0.2, 0) is 31.8 Å². The van der Waals surface area contributed by atoms with Crippen molar-refractivity contribution in [3.8, 4) is 0 Å². The molecule has 1 aliphatic carbocycles. The molecule has 0 fully saturated rings. The predicted octanol–water partition coefficient (Wildman–Crippen LogP) is 7.83. The molecule has 2 N–H and O–H groups in total. The largest absolute Gasteiger partial charge is 0.388 e. The molecule has 1 aromatic heterocycles. The lowest BCUT2D eigenvalue weighted by Gasteiger charge is -2.16. The van der Waals surface area contributed by atoms with Crippen LogP contribution in [0.25, 0.3) is 0 Å². The number of ether oxygens (including phenoxy) is 3. The molecule has 0 saturated heterocycles. The van der Waals surface area contributed by atoms with E-state index in [2.05, 4.69) is 47.4 Å². The number of carbonyl (C=O) groups excluding carboxylic acids is 1. The van der Waals surface area contributed by atoms with Gasteiger partial charge in [0, 0.05) is 40.2 Å². The summed E-state index contributed by atoms with van der Waals surface area (Å²) in [6.07, 6.45) is 11.5. The minimum atomic E-state index is -0.199. The topological polar surface area (TPSA) is 68.8 Å². The molecule has 1 heterocycles. The van der Waals surface area contributed by atoms with E-state index in [0.717, 1.165) is 17.3 Å². The third-order valence-corrected chi connectivity index (χ3v) is 6.52. The summed E-state index contributed by atoms with van der Waals surface area (Å²) in [5.41, 5.74) is 2.78. The van der Waals surface area contributed by atoms with E-state index >= 15 is 0 Å². The summed E-state index contributed by atoms with van der Waals surface area (Å²) >= 11 is 1.80.